The number of ether oxygens (including phenoxy) is 1. The Morgan fingerprint density at radius 3 is 3.00 bits per heavy atom. The lowest BCUT2D eigenvalue weighted by molar-refractivity contribution is 0.102. The predicted molar refractivity (Wildman–Crippen MR) is 27.4 cm³/mol. The highest BCUT2D eigenvalue weighted by molar-refractivity contribution is 4.86. The molecule has 0 aromatic carbocycles. The Hall–Kier alpha value is -1.24. The summed E-state index contributed by atoms with van der Waals surface area (Å²) in [6, 6.07) is 0. The summed E-state index contributed by atoms with van der Waals surface area (Å²) < 4.78 is 4.45. The largest absolute Gasteiger partial charge is 0.476 e. The summed E-state index contributed by atoms with van der Waals surface area (Å²) in [6.07, 6.45) is 0.809. The fraction of sp³-hybridized carbons (Fsp3) is 0.500. The molecule has 4 heteroatoms. The van der Waals surface area contributed by atoms with Crippen molar-refractivity contribution in [2.45, 2.75) is 6.92 Å². The molecule has 0 aliphatic heterocycles. The topological polar surface area (TPSA) is 57.6 Å². The third-order valence-corrected chi connectivity index (χ3v) is 0.460. The van der Waals surface area contributed by atoms with Gasteiger partial charge in [-0.25, -0.2) is 0 Å². The van der Waals surface area contributed by atoms with E-state index in [0.29, 0.717) is 6.61 Å². The van der Waals surface area contributed by atoms with Crippen LogP contribution in [0.3, 0.4) is 0 Å². The Balaban J connectivity index is 3.49. The number of aliphatic hydroxyl groups excluding tert-OH is 1. The van der Waals surface area contributed by atoms with Crippen LogP contribution >= 0.6 is 0 Å². The van der Waals surface area contributed by atoms with Crippen molar-refractivity contribution in [3.8, 4) is 0 Å². The zero-order chi connectivity index (χ0) is 6.41. The van der Waals surface area contributed by atoms with Gasteiger partial charge in [-0.15, -0.1) is 0 Å². The van der Waals surface area contributed by atoms with Crippen LogP contribution in [0, 0.1) is 5.39 Å². The van der Waals surface area contributed by atoms with E-state index in [9.17, 15) is 0 Å². The zero-order valence-electron chi connectivity index (χ0n) is 4.53. The fourth-order valence-electron chi connectivity index (χ4n) is 0.235. The van der Waals surface area contributed by atoms with Crippen molar-refractivity contribution in [1.29, 1.82) is 5.39 Å². The molecule has 0 atom stereocenters. The summed E-state index contributed by atoms with van der Waals surface area (Å²) >= 11 is 0. The lowest BCUT2D eigenvalue weighted by atomic mass is 10.8. The van der Waals surface area contributed by atoms with Gasteiger partial charge < -0.3 is 9.84 Å². The van der Waals surface area contributed by atoms with Crippen molar-refractivity contribution < 1.29 is 9.84 Å². The molecule has 0 aliphatic carbocycles. The predicted octanol–water partition coefficient (Wildman–Crippen LogP) is 1.23. The van der Waals surface area contributed by atoms with Gasteiger partial charge >= 0.3 is 12.1 Å². The number of aliphatic hydroxyl groups is 1. The van der Waals surface area contributed by atoms with Crippen LogP contribution in [0.2, 0.25) is 0 Å². The highest BCUT2D eigenvalue weighted by atomic mass is 16.6. The number of rotatable bonds is 2. The van der Waals surface area contributed by atoms with Crippen LogP contribution in [0.15, 0.2) is 12.1 Å². The van der Waals surface area contributed by atoms with Gasteiger partial charge in [0.25, 0.3) is 0 Å². The minimum absolute atomic E-state index is 0.359. The minimum atomic E-state index is -0.380. The fourth-order valence-corrected chi connectivity index (χ4v) is 0.235. The van der Waals surface area contributed by atoms with Crippen molar-refractivity contribution in [2.75, 3.05) is 6.61 Å². The van der Waals surface area contributed by atoms with Crippen molar-refractivity contribution in [3.63, 3.8) is 0 Å². The molecule has 44 valence electrons. The molecule has 0 saturated heterocycles. The molecule has 0 amide bonds. The maximum Gasteiger partial charge on any atom is 0.429 e. The monoisotopic (exact) mass is 115 g/mol. The molecule has 0 bridgehead atoms. The van der Waals surface area contributed by atoms with E-state index in [4.69, 9.17) is 10.5 Å². The van der Waals surface area contributed by atoms with Crippen LogP contribution < -0.4 is 0 Å². The first-order chi connectivity index (χ1) is 3.81. The summed E-state index contributed by atoms with van der Waals surface area (Å²) in [7, 11) is 0. The zero-order valence-corrected chi connectivity index (χ0v) is 4.53. The van der Waals surface area contributed by atoms with Crippen LogP contribution in [-0.2, 0) is 4.74 Å². The summed E-state index contributed by atoms with van der Waals surface area (Å²) in [5.41, 5.74) is 0. The van der Waals surface area contributed by atoms with E-state index in [2.05, 4.69) is 9.71 Å². The Kier molecular flexibility index (Phi) is 3.32. The van der Waals surface area contributed by atoms with E-state index >= 15 is 0 Å². The van der Waals surface area contributed by atoms with Gasteiger partial charge in [-0.1, -0.05) is 0 Å². The van der Waals surface area contributed by atoms with Crippen molar-refractivity contribution in [1.82, 2.24) is 0 Å². The van der Waals surface area contributed by atoms with E-state index < -0.39 is 0 Å². The van der Waals surface area contributed by atoms with Gasteiger partial charge in [-0.2, -0.15) is 0 Å². The van der Waals surface area contributed by atoms with Gasteiger partial charge in [0.05, 0.1) is 6.61 Å². The minimum Gasteiger partial charge on any atom is -0.476 e. The lowest BCUT2D eigenvalue weighted by Gasteiger charge is -1.91. The van der Waals surface area contributed by atoms with Gasteiger partial charge in [0.2, 0.25) is 5.39 Å². The smallest absolute Gasteiger partial charge is 0.429 e. The Morgan fingerprint density at radius 1 is 2.00 bits per heavy atom. The van der Waals surface area contributed by atoms with E-state index in [-0.39, 0.29) is 5.95 Å². The average molecular weight is 115 g/mol. The molecule has 4 nitrogen and oxygen atoms in total. The Bertz CT molecular complexity index is 124. The van der Waals surface area contributed by atoms with Gasteiger partial charge in [0.15, 0.2) is 4.98 Å². The molecule has 0 radical (unpaired) electrons. The quantitative estimate of drug-likeness (QED) is 0.435. The summed E-state index contributed by atoms with van der Waals surface area (Å²) in [5, 5.41) is 16.2. The molecule has 0 aliphatic rings. The second-order valence-corrected chi connectivity index (χ2v) is 1.02. The average Bonchev–Trinajstić information content (AvgIpc) is 1.68. The van der Waals surface area contributed by atoms with Gasteiger partial charge in [-0.3, -0.25) is 0 Å². The maximum atomic E-state index is 8.43. The third kappa shape index (κ3) is 2.97. The van der Waals surface area contributed by atoms with Crippen molar-refractivity contribution in [2.24, 2.45) is 0 Å². The molecule has 0 unspecified atom stereocenters. The second-order valence-electron chi connectivity index (χ2n) is 1.02. The molecule has 0 aromatic heterocycles. The molecule has 0 fully saturated rings. The first-order valence-corrected chi connectivity index (χ1v) is 2.17. The van der Waals surface area contributed by atoms with E-state index in [1.54, 1.807) is 6.92 Å². The Labute approximate surface area is 47.0 Å². The molecule has 0 heterocycles. The molecule has 8 heavy (non-hydrogen) atoms. The summed E-state index contributed by atoms with van der Waals surface area (Å²) in [5.74, 6) is -0.380. The lowest BCUT2D eigenvalue weighted by Crippen LogP contribution is -1.87. The highest BCUT2D eigenvalue weighted by Gasteiger charge is 1.95. The number of diazo groups is 1. The van der Waals surface area contributed by atoms with E-state index in [0.717, 1.165) is 6.20 Å². The second kappa shape index (κ2) is 3.93. The van der Waals surface area contributed by atoms with E-state index in [1.807, 2.05) is 0 Å². The number of hydrogen-bond acceptors (Lipinski definition) is 3. The maximum absolute atomic E-state index is 8.43. The molecule has 0 spiro atoms. The standard InChI is InChI=1S/C4H6N2O2/c1-2-8-4(7)3-6-5/h3H,2H2,1H3/p+1/b4-3+. The summed E-state index contributed by atoms with van der Waals surface area (Å²) in [4.78, 5) is 2.52. The normalized spacial score (nSPS) is 10.2. The SMILES string of the molecule is CCO/C(O)=C/[N+]#N. The highest BCUT2D eigenvalue weighted by Crippen LogP contribution is 1.89. The van der Waals surface area contributed by atoms with Gasteiger partial charge in [0.1, 0.15) is 0 Å². The van der Waals surface area contributed by atoms with Crippen molar-refractivity contribution >= 4 is 0 Å². The molecule has 0 rings (SSSR count). The van der Waals surface area contributed by atoms with Crippen molar-refractivity contribution in [3.05, 3.63) is 17.1 Å². The molecule has 0 aromatic rings. The number of hydrogen-bond donors (Lipinski definition) is 1. The first kappa shape index (κ1) is 6.76. The van der Waals surface area contributed by atoms with Gasteiger partial charge in [-0.05, 0) is 6.92 Å². The van der Waals surface area contributed by atoms with Crippen LogP contribution in [0.1, 0.15) is 6.92 Å². The molecule has 0 saturated carbocycles. The van der Waals surface area contributed by atoms with Crippen LogP contribution in [0.5, 0.6) is 0 Å². The molecule has 1 N–H and O–H groups in total. The third-order valence-electron chi connectivity index (χ3n) is 0.460. The van der Waals surface area contributed by atoms with Crippen LogP contribution in [0.4, 0.5) is 0 Å². The first-order valence-electron chi connectivity index (χ1n) is 2.17. The Morgan fingerprint density at radius 2 is 2.62 bits per heavy atom. The molecular formula is C4H7N2O2+. The van der Waals surface area contributed by atoms with Crippen LogP contribution in [0.25, 0.3) is 4.98 Å². The number of nitrogens with zero attached hydrogens (tertiary/aromatic N) is 2. The molecular weight excluding hydrogens is 108 g/mol. The summed E-state index contributed by atoms with van der Waals surface area (Å²) in [6.45, 7) is 2.07. The van der Waals surface area contributed by atoms with E-state index in [1.165, 1.54) is 0 Å². The van der Waals surface area contributed by atoms with Crippen LogP contribution in [-0.4, -0.2) is 11.7 Å². The van der Waals surface area contributed by atoms with Gasteiger partial charge in [0, 0.05) is 0 Å².